The predicted molar refractivity (Wildman–Crippen MR) is 58.7 cm³/mol. The van der Waals surface area contributed by atoms with E-state index in [4.69, 9.17) is 0 Å². The normalized spacial score (nSPS) is 15.3. The van der Waals surface area contributed by atoms with Crippen LogP contribution in [0.3, 0.4) is 0 Å². The second-order valence-corrected chi connectivity index (χ2v) is 4.14. The molecule has 0 heterocycles. The van der Waals surface area contributed by atoms with Crippen molar-refractivity contribution in [3.8, 4) is 0 Å². The van der Waals surface area contributed by atoms with Gasteiger partial charge in [-0.25, -0.2) is 0 Å². The monoisotopic (exact) mass is 194 g/mol. The van der Waals surface area contributed by atoms with E-state index in [9.17, 15) is 4.79 Å². The van der Waals surface area contributed by atoms with Crippen LogP contribution >= 0.6 is 11.8 Å². The summed E-state index contributed by atoms with van der Waals surface area (Å²) in [5, 5.41) is 0.201. The van der Waals surface area contributed by atoms with Gasteiger partial charge < -0.3 is 0 Å². The summed E-state index contributed by atoms with van der Waals surface area (Å²) in [5.74, 6) is 0.736. The first kappa shape index (κ1) is 10.3. The summed E-state index contributed by atoms with van der Waals surface area (Å²) in [6.07, 6.45) is 7.83. The Morgan fingerprint density at radius 1 is 1.69 bits per heavy atom. The van der Waals surface area contributed by atoms with Gasteiger partial charge in [-0.3, -0.25) is 4.79 Å². The molecule has 0 saturated heterocycles. The molecule has 0 aromatic heterocycles. The molecule has 0 bridgehead atoms. The van der Waals surface area contributed by atoms with Gasteiger partial charge in [-0.1, -0.05) is 42.1 Å². The Morgan fingerprint density at radius 2 is 2.46 bits per heavy atom. The minimum Gasteiger partial charge on any atom is -0.282 e. The summed E-state index contributed by atoms with van der Waals surface area (Å²) in [6.45, 7) is 5.71. The van der Waals surface area contributed by atoms with Gasteiger partial charge in [0.15, 0.2) is 0 Å². The number of hydrogen-bond acceptors (Lipinski definition) is 2. The second kappa shape index (κ2) is 5.07. The molecule has 0 spiro atoms. The number of carbonyl (C=O) groups is 1. The standard InChI is InChI=1S/C11H14OS/c1-9(2)8-13-11(12)10-6-4-3-5-7-10/h3-4,6H,1,5,7-8H2,2H3. The van der Waals surface area contributed by atoms with Gasteiger partial charge in [0, 0.05) is 11.3 Å². The largest absolute Gasteiger partial charge is 0.282 e. The molecule has 0 radical (unpaired) electrons. The van der Waals surface area contributed by atoms with Crippen LogP contribution in [0.1, 0.15) is 19.8 Å². The van der Waals surface area contributed by atoms with Crippen LogP contribution in [-0.4, -0.2) is 10.9 Å². The molecular formula is C11H14OS. The summed E-state index contributed by atoms with van der Waals surface area (Å²) in [7, 11) is 0. The van der Waals surface area contributed by atoms with Crippen molar-refractivity contribution in [1.29, 1.82) is 0 Å². The lowest BCUT2D eigenvalue weighted by Crippen LogP contribution is -2.00. The maximum absolute atomic E-state index is 11.5. The average molecular weight is 194 g/mol. The highest BCUT2D eigenvalue weighted by Gasteiger charge is 2.10. The molecule has 0 atom stereocenters. The number of rotatable bonds is 3. The van der Waals surface area contributed by atoms with E-state index < -0.39 is 0 Å². The summed E-state index contributed by atoms with van der Waals surface area (Å²) in [5.41, 5.74) is 1.99. The molecule has 2 heteroatoms. The van der Waals surface area contributed by atoms with Gasteiger partial charge in [0.25, 0.3) is 0 Å². The SMILES string of the molecule is C=C(C)CSC(=O)C1=CC=CCC1. The Bertz CT molecular complexity index is 274. The first-order valence-corrected chi connectivity index (χ1v) is 5.36. The topological polar surface area (TPSA) is 17.1 Å². The highest BCUT2D eigenvalue weighted by atomic mass is 32.2. The fraction of sp³-hybridized carbons (Fsp3) is 0.364. The summed E-state index contributed by atoms with van der Waals surface area (Å²) in [4.78, 5) is 11.5. The van der Waals surface area contributed by atoms with E-state index >= 15 is 0 Å². The van der Waals surface area contributed by atoms with E-state index in [1.807, 2.05) is 19.1 Å². The zero-order valence-electron chi connectivity index (χ0n) is 7.88. The van der Waals surface area contributed by atoms with E-state index in [1.54, 1.807) is 0 Å². The van der Waals surface area contributed by atoms with Gasteiger partial charge in [0.1, 0.15) is 0 Å². The smallest absolute Gasteiger partial charge is 0.215 e. The molecule has 0 aromatic carbocycles. The van der Waals surface area contributed by atoms with Gasteiger partial charge in [-0.05, 0) is 19.8 Å². The van der Waals surface area contributed by atoms with Crippen LogP contribution in [0.25, 0.3) is 0 Å². The fourth-order valence-corrected chi connectivity index (χ4v) is 1.79. The molecule has 0 amide bonds. The molecule has 0 aromatic rings. The van der Waals surface area contributed by atoms with Gasteiger partial charge >= 0.3 is 0 Å². The predicted octanol–water partition coefficient (Wildman–Crippen LogP) is 3.10. The number of allylic oxidation sites excluding steroid dienone is 3. The Morgan fingerprint density at radius 3 is 3.00 bits per heavy atom. The van der Waals surface area contributed by atoms with Crippen LogP contribution in [0.5, 0.6) is 0 Å². The average Bonchev–Trinajstić information content (AvgIpc) is 2.15. The fourth-order valence-electron chi connectivity index (χ4n) is 1.05. The molecule has 0 saturated carbocycles. The highest BCUT2D eigenvalue weighted by molar-refractivity contribution is 8.14. The molecular weight excluding hydrogens is 180 g/mol. The van der Waals surface area contributed by atoms with E-state index in [1.165, 1.54) is 11.8 Å². The molecule has 1 aliphatic carbocycles. The van der Waals surface area contributed by atoms with Crippen LogP contribution in [0.4, 0.5) is 0 Å². The van der Waals surface area contributed by atoms with Crippen molar-refractivity contribution in [2.45, 2.75) is 19.8 Å². The van der Waals surface area contributed by atoms with E-state index in [2.05, 4.69) is 12.7 Å². The lowest BCUT2D eigenvalue weighted by atomic mass is 10.1. The third kappa shape index (κ3) is 3.64. The van der Waals surface area contributed by atoms with Crippen LogP contribution in [-0.2, 0) is 4.79 Å². The minimum atomic E-state index is 0.201. The first-order valence-electron chi connectivity index (χ1n) is 4.37. The summed E-state index contributed by atoms with van der Waals surface area (Å²) < 4.78 is 0. The molecule has 70 valence electrons. The van der Waals surface area contributed by atoms with Crippen LogP contribution in [0, 0.1) is 0 Å². The van der Waals surface area contributed by atoms with Crippen molar-refractivity contribution in [3.63, 3.8) is 0 Å². The van der Waals surface area contributed by atoms with E-state index in [-0.39, 0.29) is 5.12 Å². The van der Waals surface area contributed by atoms with E-state index in [0.717, 1.165) is 29.7 Å². The summed E-state index contributed by atoms with van der Waals surface area (Å²) in [6, 6.07) is 0. The van der Waals surface area contributed by atoms with Crippen molar-refractivity contribution >= 4 is 16.9 Å². The van der Waals surface area contributed by atoms with Crippen molar-refractivity contribution in [2.75, 3.05) is 5.75 Å². The number of thioether (sulfide) groups is 1. The number of carbonyl (C=O) groups excluding carboxylic acids is 1. The second-order valence-electron chi connectivity index (χ2n) is 3.19. The highest BCUT2D eigenvalue weighted by Crippen LogP contribution is 2.20. The van der Waals surface area contributed by atoms with Crippen LogP contribution in [0.2, 0.25) is 0 Å². The van der Waals surface area contributed by atoms with Gasteiger partial charge in [-0.15, -0.1) is 0 Å². The third-order valence-electron chi connectivity index (χ3n) is 1.73. The lowest BCUT2D eigenvalue weighted by Gasteiger charge is -2.06. The Labute approximate surface area is 83.6 Å². The molecule has 0 aliphatic heterocycles. The maximum Gasteiger partial charge on any atom is 0.215 e. The summed E-state index contributed by atoms with van der Waals surface area (Å²) >= 11 is 1.35. The van der Waals surface area contributed by atoms with Crippen molar-refractivity contribution < 1.29 is 4.79 Å². The Hall–Kier alpha value is -0.760. The van der Waals surface area contributed by atoms with Crippen LogP contribution < -0.4 is 0 Å². The van der Waals surface area contributed by atoms with Crippen molar-refractivity contribution in [3.05, 3.63) is 36.0 Å². The Kier molecular flexibility index (Phi) is 4.03. The minimum absolute atomic E-state index is 0.201. The zero-order chi connectivity index (χ0) is 9.68. The van der Waals surface area contributed by atoms with Crippen LogP contribution in [0.15, 0.2) is 36.0 Å². The lowest BCUT2D eigenvalue weighted by molar-refractivity contribution is -0.108. The zero-order valence-corrected chi connectivity index (χ0v) is 8.69. The van der Waals surface area contributed by atoms with E-state index in [0.29, 0.717) is 0 Å². The molecule has 0 fully saturated rings. The Balaban J connectivity index is 2.43. The molecule has 1 nitrogen and oxygen atoms in total. The van der Waals surface area contributed by atoms with Crippen molar-refractivity contribution in [2.24, 2.45) is 0 Å². The van der Waals surface area contributed by atoms with Gasteiger partial charge in [0.05, 0.1) is 0 Å². The molecule has 1 aliphatic rings. The molecule has 0 unspecified atom stereocenters. The first-order chi connectivity index (χ1) is 6.20. The quantitative estimate of drug-likeness (QED) is 0.642. The van der Waals surface area contributed by atoms with Gasteiger partial charge in [0.2, 0.25) is 5.12 Å². The third-order valence-corrected chi connectivity index (χ3v) is 2.89. The maximum atomic E-state index is 11.5. The number of hydrogen-bond donors (Lipinski definition) is 0. The molecule has 13 heavy (non-hydrogen) atoms. The molecule has 0 N–H and O–H groups in total. The molecule has 1 rings (SSSR count). The van der Waals surface area contributed by atoms with Gasteiger partial charge in [-0.2, -0.15) is 0 Å². The van der Waals surface area contributed by atoms with Crippen molar-refractivity contribution in [1.82, 2.24) is 0 Å².